The van der Waals surface area contributed by atoms with Crippen LogP contribution in [0.25, 0.3) is 0 Å². The van der Waals surface area contributed by atoms with E-state index < -0.39 is 16.0 Å². The Morgan fingerprint density at radius 2 is 1.81 bits per heavy atom. The Morgan fingerprint density at radius 1 is 1.14 bits per heavy atom. The van der Waals surface area contributed by atoms with E-state index in [1.54, 1.807) is 19.1 Å². The van der Waals surface area contributed by atoms with Gasteiger partial charge < -0.3 is 5.11 Å². The minimum Gasteiger partial charge on any atom is -0.478 e. The van der Waals surface area contributed by atoms with Crippen molar-refractivity contribution in [1.29, 1.82) is 0 Å². The number of aromatic carboxylic acids is 1. The third kappa shape index (κ3) is 3.68. The molecule has 2 rings (SSSR count). The number of hydrogen-bond donors (Lipinski definition) is 2. The van der Waals surface area contributed by atoms with E-state index >= 15 is 0 Å². The molecule has 0 heterocycles. The first-order chi connectivity index (χ1) is 9.90. The van der Waals surface area contributed by atoms with Gasteiger partial charge in [-0.3, -0.25) is 0 Å². The Bertz CT molecular complexity index is 754. The molecule has 6 heteroatoms. The number of hydrogen-bond acceptors (Lipinski definition) is 3. The normalized spacial score (nSPS) is 11.3. The third-order valence-corrected chi connectivity index (χ3v) is 4.46. The molecule has 0 fully saturated rings. The molecule has 0 saturated heterocycles. The predicted molar refractivity (Wildman–Crippen MR) is 78.6 cm³/mol. The predicted octanol–water partition coefficient (Wildman–Crippen LogP) is 2.17. The van der Waals surface area contributed by atoms with E-state index in [1.165, 1.54) is 18.2 Å². The molecule has 0 aromatic heterocycles. The first kappa shape index (κ1) is 15.2. The quantitative estimate of drug-likeness (QED) is 0.887. The minimum absolute atomic E-state index is 0.0161. The van der Waals surface area contributed by atoms with Crippen LogP contribution in [0, 0.1) is 6.92 Å². The fourth-order valence-electron chi connectivity index (χ4n) is 1.86. The summed E-state index contributed by atoms with van der Waals surface area (Å²) in [7, 11) is -3.74. The third-order valence-electron chi connectivity index (χ3n) is 3.06. The Balaban J connectivity index is 2.24. The summed E-state index contributed by atoms with van der Waals surface area (Å²) in [6, 6.07) is 13.1. The van der Waals surface area contributed by atoms with Gasteiger partial charge in [-0.25, -0.2) is 17.9 Å². The molecule has 0 spiro atoms. The van der Waals surface area contributed by atoms with Crippen LogP contribution < -0.4 is 4.72 Å². The van der Waals surface area contributed by atoms with Crippen LogP contribution in [0.2, 0.25) is 0 Å². The van der Waals surface area contributed by atoms with Gasteiger partial charge in [-0.15, -0.1) is 0 Å². The van der Waals surface area contributed by atoms with E-state index in [2.05, 4.69) is 4.72 Å². The maximum Gasteiger partial charge on any atom is 0.335 e. The lowest BCUT2D eigenvalue weighted by atomic mass is 10.1. The van der Waals surface area contributed by atoms with Crippen LogP contribution in [0.1, 0.15) is 21.5 Å². The van der Waals surface area contributed by atoms with Gasteiger partial charge in [0.1, 0.15) is 0 Å². The molecule has 2 aromatic carbocycles. The average molecular weight is 305 g/mol. The summed E-state index contributed by atoms with van der Waals surface area (Å²) >= 11 is 0. The van der Waals surface area contributed by atoms with Crippen LogP contribution in [-0.4, -0.2) is 19.5 Å². The molecule has 0 bridgehead atoms. The van der Waals surface area contributed by atoms with Crippen molar-refractivity contribution in [2.75, 3.05) is 0 Å². The number of rotatable bonds is 5. The van der Waals surface area contributed by atoms with Crippen LogP contribution in [0.3, 0.4) is 0 Å². The lowest BCUT2D eigenvalue weighted by Gasteiger charge is -2.09. The zero-order valence-corrected chi connectivity index (χ0v) is 12.2. The summed E-state index contributed by atoms with van der Waals surface area (Å²) in [5.41, 5.74) is 1.33. The molecule has 2 aromatic rings. The van der Waals surface area contributed by atoms with Crippen LogP contribution in [-0.2, 0) is 16.6 Å². The Kier molecular flexibility index (Phi) is 4.40. The zero-order valence-electron chi connectivity index (χ0n) is 11.4. The van der Waals surface area contributed by atoms with Crippen LogP contribution in [0.15, 0.2) is 53.4 Å². The highest BCUT2D eigenvalue weighted by Crippen LogP contribution is 2.16. The average Bonchev–Trinajstić information content (AvgIpc) is 2.46. The fraction of sp³-hybridized carbons (Fsp3) is 0.133. The van der Waals surface area contributed by atoms with Gasteiger partial charge in [0.05, 0.1) is 10.5 Å². The Morgan fingerprint density at radius 3 is 2.43 bits per heavy atom. The van der Waals surface area contributed by atoms with E-state index in [-0.39, 0.29) is 17.0 Å². The zero-order chi connectivity index (χ0) is 15.5. The molecule has 0 saturated carbocycles. The summed E-state index contributed by atoms with van der Waals surface area (Å²) in [6.07, 6.45) is 0. The SMILES string of the molecule is Cc1ccc(S(=O)(=O)NCc2ccccc2)cc1C(=O)O. The van der Waals surface area contributed by atoms with Gasteiger partial charge in [0.25, 0.3) is 0 Å². The number of carboxylic acid groups (broad SMARTS) is 1. The summed E-state index contributed by atoms with van der Waals surface area (Å²) < 4.78 is 26.8. The van der Waals surface area contributed by atoms with E-state index in [0.29, 0.717) is 5.56 Å². The van der Waals surface area contributed by atoms with E-state index in [9.17, 15) is 13.2 Å². The first-order valence-electron chi connectivity index (χ1n) is 6.28. The molecular weight excluding hydrogens is 290 g/mol. The van der Waals surface area contributed by atoms with Crippen molar-refractivity contribution >= 4 is 16.0 Å². The van der Waals surface area contributed by atoms with E-state index in [4.69, 9.17) is 5.11 Å². The van der Waals surface area contributed by atoms with E-state index in [0.717, 1.165) is 5.56 Å². The largest absolute Gasteiger partial charge is 0.478 e. The van der Waals surface area contributed by atoms with Crippen molar-refractivity contribution in [2.45, 2.75) is 18.4 Å². The number of aryl methyl sites for hydroxylation is 1. The molecule has 0 aliphatic rings. The standard InChI is InChI=1S/C15H15NO4S/c1-11-7-8-13(9-14(11)15(17)18)21(19,20)16-10-12-5-3-2-4-6-12/h2-9,16H,10H2,1H3,(H,17,18). The number of nitrogens with one attached hydrogen (secondary N) is 1. The molecular formula is C15H15NO4S. The van der Waals surface area contributed by atoms with Gasteiger partial charge in [0.15, 0.2) is 0 Å². The lowest BCUT2D eigenvalue weighted by Crippen LogP contribution is -2.23. The number of carbonyl (C=O) groups is 1. The number of benzene rings is 2. The van der Waals surface area contributed by atoms with Gasteiger partial charge >= 0.3 is 5.97 Å². The Hall–Kier alpha value is -2.18. The lowest BCUT2D eigenvalue weighted by molar-refractivity contribution is 0.0696. The summed E-state index contributed by atoms with van der Waals surface area (Å²) in [6.45, 7) is 1.77. The maximum absolute atomic E-state index is 12.2. The molecule has 110 valence electrons. The molecule has 0 unspecified atom stereocenters. The molecule has 0 radical (unpaired) electrons. The Labute approximate surface area is 123 Å². The molecule has 0 atom stereocenters. The smallest absolute Gasteiger partial charge is 0.335 e. The minimum atomic E-state index is -3.74. The van der Waals surface area contributed by atoms with Crippen LogP contribution >= 0.6 is 0 Å². The monoisotopic (exact) mass is 305 g/mol. The van der Waals surface area contributed by atoms with Gasteiger partial charge in [0, 0.05) is 6.54 Å². The second-order valence-electron chi connectivity index (χ2n) is 4.59. The summed E-state index contributed by atoms with van der Waals surface area (Å²) in [5, 5.41) is 9.05. The second kappa shape index (κ2) is 6.07. The molecule has 0 aliphatic heterocycles. The molecule has 21 heavy (non-hydrogen) atoms. The van der Waals surface area contributed by atoms with Crippen molar-refractivity contribution in [3.63, 3.8) is 0 Å². The summed E-state index contributed by atoms with van der Waals surface area (Å²) in [5.74, 6) is -1.15. The molecule has 0 amide bonds. The highest BCUT2D eigenvalue weighted by Gasteiger charge is 2.17. The van der Waals surface area contributed by atoms with E-state index in [1.807, 2.05) is 18.2 Å². The topological polar surface area (TPSA) is 83.5 Å². The highest BCUT2D eigenvalue weighted by atomic mass is 32.2. The van der Waals surface area contributed by atoms with Gasteiger partial charge in [-0.05, 0) is 30.2 Å². The molecule has 0 aliphatic carbocycles. The first-order valence-corrected chi connectivity index (χ1v) is 7.76. The number of sulfonamides is 1. The number of carboxylic acids is 1. The van der Waals surface area contributed by atoms with Gasteiger partial charge in [0.2, 0.25) is 10.0 Å². The van der Waals surface area contributed by atoms with Crippen molar-refractivity contribution in [1.82, 2.24) is 4.72 Å². The van der Waals surface area contributed by atoms with Crippen molar-refractivity contribution in [3.8, 4) is 0 Å². The molecule has 5 nitrogen and oxygen atoms in total. The summed E-state index contributed by atoms with van der Waals surface area (Å²) in [4.78, 5) is 11.0. The molecule has 2 N–H and O–H groups in total. The van der Waals surface area contributed by atoms with Crippen molar-refractivity contribution < 1.29 is 18.3 Å². The second-order valence-corrected chi connectivity index (χ2v) is 6.36. The van der Waals surface area contributed by atoms with Crippen molar-refractivity contribution in [2.24, 2.45) is 0 Å². The maximum atomic E-state index is 12.2. The van der Waals surface area contributed by atoms with Gasteiger partial charge in [-0.1, -0.05) is 36.4 Å². The van der Waals surface area contributed by atoms with Crippen LogP contribution in [0.4, 0.5) is 0 Å². The van der Waals surface area contributed by atoms with Crippen LogP contribution in [0.5, 0.6) is 0 Å². The highest BCUT2D eigenvalue weighted by molar-refractivity contribution is 7.89. The van der Waals surface area contributed by atoms with Crippen molar-refractivity contribution in [3.05, 3.63) is 65.2 Å². The fourth-order valence-corrected chi connectivity index (χ4v) is 2.90. The van der Waals surface area contributed by atoms with Gasteiger partial charge in [-0.2, -0.15) is 0 Å².